The highest BCUT2D eigenvalue weighted by Gasteiger charge is 2.42. The fraction of sp³-hybridized carbons (Fsp3) is 0.286. The minimum atomic E-state index is -0.244. The zero-order chi connectivity index (χ0) is 22.8. The Hall–Kier alpha value is -3.18. The molecule has 33 heavy (non-hydrogen) atoms. The largest absolute Gasteiger partial charge is 0.497 e. The number of likely N-dealkylation sites (tertiary alicyclic amines) is 1. The number of ether oxygens (including phenoxy) is 1. The van der Waals surface area contributed by atoms with E-state index in [-0.39, 0.29) is 23.6 Å². The number of piperidine rings is 1. The van der Waals surface area contributed by atoms with E-state index in [1.165, 1.54) is 18.2 Å². The van der Waals surface area contributed by atoms with Gasteiger partial charge in [-0.1, -0.05) is 24.3 Å². The smallest absolute Gasteiger partial charge is 0.123 e. The number of fused-ring (bicyclic) bond motifs is 3. The lowest BCUT2D eigenvalue weighted by Crippen LogP contribution is -2.45. The molecule has 0 saturated carbocycles. The van der Waals surface area contributed by atoms with Crippen molar-refractivity contribution < 1.29 is 13.5 Å². The Bertz CT molecular complexity index is 1130. The summed E-state index contributed by atoms with van der Waals surface area (Å²) in [6.45, 7) is 2.86. The maximum absolute atomic E-state index is 14.2. The van der Waals surface area contributed by atoms with Gasteiger partial charge in [-0.15, -0.1) is 0 Å². The lowest BCUT2D eigenvalue weighted by Gasteiger charge is -2.39. The van der Waals surface area contributed by atoms with Crippen LogP contribution in [0.1, 0.15) is 29.9 Å². The average molecular weight is 447 g/mol. The number of anilines is 2. The van der Waals surface area contributed by atoms with E-state index in [0.717, 1.165) is 60.7 Å². The molecule has 2 aliphatic heterocycles. The van der Waals surface area contributed by atoms with Gasteiger partial charge in [-0.2, -0.15) is 0 Å². The van der Waals surface area contributed by atoms with Crippen LogP contribution in [-0.2, 0) is 0 Å². The van der Waals surface area contributed by atoms with Crippen LogP contribution < -0.4 is 9.64 Å². The Morgan fingerprint density at radius 1 is 0.970 bits per heavy atom. The van der Waals surface area contributed by atoms with Gasteiger partial charge >= 0.3 is 0 Å². The number of nitrogens with zero attached hydrogens (tertiary/aromatic N) is 2. The second-order valence-corrected chi connectivity index (χ2v) is 8.78. The quantitative estimate of drug-likeness (QED) is 0.437. The molecule has 1 fully saturated rings. The first-order valence-electron chi connectivity index (χ1n) is 11.5. The van der Waals surface area contributed by atoms with Crippen molar-refractivity contribution in [3.63, 3.8) is 0 Å². The van der Waals surface area contributed by atoms with Crippen molar-refractivity contribution in [2.75, 3.05) is 31.6 Å². The molecule has 0 bridgehead atoms. The summed E-state index contributed by atoms with van der Waals surface area (Å²) in [6.07, 6.45) is 6.30. The summed E-state index contributed by atoms with van der Waals surface area (Å²) in [5, 5.41) is 0. The minimum Gasteiger partial charge on any atom is -0.497 e. The van der Waals surface area contributed by atoms with Crippen molar-refractivity contribution in [2.45, 2.75) is 24.8 Å². The maximum atomic E-state index is 14.2. The van der Waals surface area contributed by atoms with Crippen LogP contribution in [-0.4, -0.2) is 37.7 Å². The molecule has 5 rings (SSSR count). The molecule has 0 aliphatic carbocycles. The fourth-order valence-electron chi connectivity index (χ4n) is 5.17. The van der Waals surface area contributed by atoms with Crippen LogP contribution in [0.15, 0.2) is 72.8 Å². The van der Waals surface area contributed by atoms with Crippen molar-refractivity contribution >= 4 is 17.5 Å². The molecule has 2 aliphatic rings. The third-order valence-electron chi connectivity index (χ3n) is 6.78. The second kappa shape index (κ2) is 9.36. The van der Waals surface area contributed by atoms with Gasteiger partial charge in [0.1, 0.15) is 17.4 Å². The zero-order valence-corrected chi connectivity index (χ0v) is 18.8. The van der Waals surface area contributed by atoms with Crippen LogP contribution in [0.3, 0.4) is 0 Å². The molecule has 170 valence electrons. The van der Waals surface area contributed by atoms with Crippen molar-refractivity contribution in [3.8, 4) is 5.75 Å². The lowest BCUT2D eigenvalue weighted by molar-refractivity contribution is 0.200. The van der Waals surface area contributed by atoms with Crippen molar-refractivity contribution in [3.05, 3.63) is 95.6 Å². The zero-order valence-electron chi connectivity index (χ0n) is 18.8. The Balaban J connectivity index is 1.28. The number of methoxy groups -OCH3 is 1. The molecule has 0 radical (unpaired) electrons. The molecule has 3 aromatic rings. The first-order valence-corrected chi connectivity index (χ1v) is 11.5. The molecule has 0 aromatic heterocycles. The van der Waals surface area contributed by atoms with Crippen LogP contribution in [0.2, 0.25) is 0 Å². The van der Waals surface area contributed by atoms with Gasteiger partial charge in [0.25, 0.3) is 0 Å². The van der Waals surface area contributed by atoms with E-state index in [4.69, 9.17) is 4.74 Å². The van der Waals surface area contributed by atoms with Gasteiger partial charge in [-0.25, -0.2) is 8.78 Å². The van der Waals surface area contributed by atoms with Crippen molar-refractivity contribution in [2.24, 2.45) is 0 Å². The molecule has 5 heteroatoms. The van der Waals surface area contributed by atoms with Crippen LogP contribution in [0, 0.1) is 11.6 Å². The lowest BCUT2D eigenvalue weighted by atomic mass is 9.89. The van der Waals surface area contributed by atoms with E-state index >= 15 is 0 Å². The SMILES string of the molecule is COc1ccc(/C=C/CCN2CC[C@@H]3[C@@H](C2)c2cc(F)ccc2N3c2ccc(F)cc2)cc1. The summed E-state index contributed by atoms with van der Waals surface area (Å²) in [7, 11) is 1.67. The molecule has 0 N–H and O–H groups in total. The van der Waals surface area contributed by atoms with E-state index in [2.05, 4.69) is 34.1 Å². The van der Waals surface area contributed by atoms with Gasteiger partial charge in [0.05, 0.1) is 7.11 Å². The number of rotatable bonds is 6. The summed E-state index contributed by atoms with van der Waals surface area (Å²) in [5.74, 6) is 0.650. The molecule has 0 amide bonds. The highest BCUT2D eigenvalue weighted by atomic mass is 19.1. The fourth-order valence-corrected chi connectivity index (χ4v) is 5.17. The van der Waals surface area contributed by atoms with Gasteiger partial charge in [0, 0.05) is 43.0 Å². The molecule has 0 unspecified atom stereocenters. The van der Waals surface area contributed by atoms with Crippen molar-refractivity contribution in [1.29, 1.82) is 0 Å². The molecular formula is C28H28F2N2O. The molecule has 2 atom stereocenters. The Labute approximate surface area is 193 Å². The molecule has 2 heterocycles. The average Bonchev–Trinajstić information content (AvgIpc) is 3.15. The molecule has 3 nitrogen and oxygen atoms in total. The summed E-state index contributed by atoms with van der Waals surface area (Å²) in [6, 6.07) is 20.0. The van der Waals surface area contributed by atoms with E-state index < -0.39 is 0 Å². The third-order valence-corrected chi connectivity index (χ3v) is 6.78. The molecule has 1 saturated heterocycles. The van der Waals surface area contributed by atoms with Crippen LogP contribution in [0.25, 0.3) is 6.08 Å². The van der Waals surface area contributed by atoms with E-state index in [0.29, 0.717) is 0 Å². The van der Waals surface area contributed by atoms with Gasteiger partial charge in [0.2, 0.25) is 0 Å². The number of hydrogen-bond acceptors (Lipinski definition) is 3. The van der Waals surface area contributed by atoms with Gasteiger partial charge in [-0.3, -0.25) is 0 Å². The highest BCUT2D eigenvalue weighted by molar-refractivity contribution is 5.73. The molecular weight excluding hydrogens is 418 g/mol. The number of benzene rings is 3. The Kier molecular flexibility index (Phi) is 6.14. The standard InChI is InChI=1S/C28H28F2N2O/c1-33-24-12-5-20(6-13-24)4-2-3-16-31-17-15-28-26(19-31)25-18-22(30)9-14-27(25)32(28)23-10-7-21(29)8-11-23/h2,4-14,18,26,28H,3,15-17,19H2,1H3/b4-2+/t26-,28+/m0/s1. The first kappa shape index (κ1) is 21.7. The summed E-state index contributed by atoms with van der Waals surface area (Å²) >= 11 is 0. The third kappa shape index (κ3) is 4.51. The Morgan fingerprint density at radius 2 is 1.73 bits per heavy atom. The highest BCUT2D eigenvalue weighted by Crippen LogP contribution is 2.48. The predicted octanol–water partition coefficient (Wildman–Crippen LogP) is 6.39. The second-order valence-electron chi connectivity index (χ2n) is 8.78. The van der Waals surface area contributed by atoms with Crippen LogP contribution in [0.4, 0.5) is 20.2 Å². The summed E-state index contributed by atoms with van der Waals surface area (Å²) in [5.41, 5.74) is 4.22. The predicted molar refractivity (Wildman–Crippen MR) is 129 cm³/mol. The number of halogens is 2. The molecule has 3 aromatic carbocycles. The van der Waals surface area contributed by atoms with Crippen LogP contribution in [0.5, 0.6) is 5.75 Å². The van der Waals surface area contributed by atoms with Crippen LogP contribution >= 0.6 is 0 Å². The summed E-state index contributed by atoms with van der Waals surface area (Å²) in [4.78, 5) is 4.75. The van der Waals surface area contributed by atoms with Crippen molar-refractivity contribution in [1.82, 2.24) is 4.90 Å². The minimum absolute atomic E-state index is 0.201. The van der Waals surface area contributed by atoms with Gasteiger partial charge in [0.15, 0.2) is 0 Å². The number of hydrogen-bond donors (Lipinski definition) is 0. The topological polar surface area (TPSA) is 15.7 Å². The molecule has 0 spiro atoms. The van der Waals surface area contributed by atoms with E-state index in [1.807, 2.05) is 30.3 Å². The monoisotopic (exact) mass is 446 g/mol. The maximum Gasteiger partial charge on any atom is 0.123 e. The van der Waals surface area contributed by atoms with Gasteiger partial charge < -0.3 is 14.5 Å². The summed E-state index contributed by atoms with van der Waals surface area (Å²) < 4.78 is 32.9. The Morgan fingerprint density at radius 3 is 2.48 bits per heavy atom. The normalized spacial score (nSPS) is 20.2. The van der Waals surface area contributed by atoms with Gasteiger partial charge in [-0.05, 0) is 78.6 Å². The van der Waals surface area contributed by atoms with E-state index in [1.54, 1.807) is 13.2 Å². The van der Waals surface area contributed by atoms with E-state index in [9.17, 15) is 8.78 Å². The first-order chi connectivity index (χ1) is 16.1.